The third-order valence-electron chi connectivity index (χ3n) is 1.70. The summed E-state index contributed by atoms with van der Waals surface area (Å²) in [6.45, 7) is -3.30. The van der Waals surface area contributed by atoms with Crippen molar-refractivity contribution in [2.75, 3.05) is 6.54 Å². The highest BCUT2D eigenvalue weighted by atomic mass is 16.2. The van der Waals surface area contributed by atoms with Crippen LogP contribution in [0.5, 0.6) is 0 Å². The quantitative estimate of drug-likeness (QED) is 0.651. The van der Waals surface area contributed by atoms with Crippen LogP contribution in [0.2, 0.25) is 0 Å². The predicted molar refractivity (Wildman–Crippen MR) is 44.2 cm³/mol. The van der Waals surface area contributed by atoms with Crippen LogP contribution in [-0.4, -0.2) is 29.3 Å². The van der Waals surface area contributed by atoms with E-state index in [-0.39, 0.29) is 13.0 Å². The van der Waals surface area contributed by atoms with E-state index in [2.05, 4.69) is 0 Å². The summed E-state index contributed by atoms with van der Waals surface area (Å²) in [4.78, 5) is 23.6. The fourth-order valence-corrected chi connectivity index (χ4v) is 1.15. The molecule has 1 aliphatic rings. The van der Waals surface area contributed by atoms with Gasteiger partial charge in [0.15, 0.2) is 0 Å². The van der Waals surface area contributed by atoms with Crippen molar-refractivity contribution in [1.82, 2.24) is 4.90 Å². The van der Waals surface area contributed by atoms with Gasteiger partial charge in [-0.2, -0.15) is 0 Å². The van der Waals surface area contributed by atoms with Crippen LogP contribution in [0, 0.1) is 0 Å². The van der Waals surface area contributed by atoms with Crippen molar-refractivity contribution in [2.45, 2.75) is 32.1 Å². The molecule has 0 aromatic heterocycles. The van der Waals surface area contributed by atoms with Gasteiger partial charge in [-0.15, -0.1) is 0 Å². The predicted octanol–water partition coefficient (Wildman–Crippen LogP) is -0.127. The fraction of sp³-hybridized carbons (Fsp3) is 0.750. The lowest BCUT2D eigenvalue weighted by Gasteiger charge is -2.23. The van der Waals surface area contributed by atoms with Crippen molar-refractivity contribution in [2.24, 2.45) is 5.73 Å². The molecule has 0 radical (unpaired) electrons. The van der Waals surface area contributed by atoms with E-state index in [4.69, 9.17) is 14.0 Å². The van der Waals surface area contributed by atoms with Crippen molar-refractivity contribution >= 4 is 11.8 Å². The molecule has 1 rings (SSSR count). The van der Waals surface area contributed by atoms with Crippen molar-refractivity contribution in [3.05, 3.63) is 0 Å². The molecule has 0 bridgehead atoms. The summed E-state index contributed by atoms with van der Waals surface area (Å²) < 4.78 is 44.3. The minimum Gasteiger partial charge on any atom is -0.368 e. The van der Waals surface area contributed by atoms with Crippen molar-refractivity contribution < 1.29 is 17.8 Å². The van der Waals surface area contributed by atoms with Crippen LogP contribution in [-0.2, 0) is 9.59 Å². The summed E-state index contributed by atoms with van der Waals surface area (Å²) in [6.07, 6.45) is -2.86. The molecular formula is C8H14N2O2. The molecule has 4 nitrogen and oxygen atoms in total. The highest BCUT2D eigenvalue weighted by molar-refractivity contribution is 5.87. The average Bonchev–Trinajstić information content (AvgIpc) is 2.61. The summed E-state index contributed by atoms with van der Waals surface area (Å²) in [5.74, 6) is -2.13. The Balaban J connectivity index is 3.32. The first-order valence-corrected chi connectivity index (χ1v) is 3.56. The maximum absolute atomic E-state index is 11.5. The largest absolute Gasteiger partial charge is 0.368 e. The molecule has 0 saturated carbocycles. The summed E-state index contributed by atoms with van der Waals surface area (Å²) in [5.41, 5.74) is 4.99. The van der Waals surface area contributed by atoms with Gasteiger partial charge >= 0.3 is 0 Å². The molecule has 0 unspecified atom stereocenters. The van der Waals surface area contributed by atoms with E-state index >= 15 is 0 Å². The zero-order chi connectivity index (χ0) is 14.4. The number of likely N-dealkylation sites (tertiary alicyclic amines) is 1. The van der Waals surface area contributed by atoms with Gasteiger partial charge in [-0.1, -0.05) is 6.85 Å². The lowest BCUT2D eigenvalue weighted by atomic mass is 10.2. The zero-order valence-corrected chi connectivity index (χ0v) is 6.46. The fourth-order valence-electron chi connectivity index (χ4n) is 1.15. The number of primary amides is 1. The molecule has 1 saturated heterocycles. The van der Waals surface area contributed by atoms with E-state index in [1.807, 2.05) is 0 Å². The first-order chi connectivity index (χ1) is 7.96. The van der Waals surface area contributed by atoms with Crippen LogP contribution >= 0.6 is 0 Å². The maximum Gasteiger partial charge on any atom is 0.240 e. The highest BCUT2D eigenvalue weighted by Crippen LogP contribution is 2.15. The molecule has 2 N–H and O–H groups in total. The number of amides is 2. The molecule has 1 aliphatic heterocycles. The van der Waals surface area contributed by atoms with Gasteiger partial charge in [0, 0.05) is 19.8 Å². The van der Waals surface area contributed by atoms with Gasteiger partial charge < -0.3 is 10.6 Å². The Morgan fingerprint density at radius 2 is 2.83 bits per heavy atom. The number of hydrogen-bond donors (Lipinski definition) is 1. The van der Waals surface area contributed by atoms with Crippen LogP contribution in [0.15, 0.2) is 0 Å². The maximum atomic E-state index is 11.5. The summed E-state index contributed by atoms with van der Waals surface area (Å²) in [7, 11) is 0. The van der Waals surface area contributed by atoms with Gasteiger partial charge in [0.2, 0.25) is 11.8 Å². The number of nitrogens with zero attached hydrogens (tertiary/aromatic N) is 1. The average molecular weight is 176 g/mol. The SMILES string of the molecule is [2H]C([2H])([2H])C([2H])([2H])[C@@]([2H])(C(N)=O)N1CCCC1=O. The van der Waals surface area contributed by atoms with Crippen molar-refractivity contribution in [3.63, 3.8) is 0 Å². The summed E-state index contributed by atoms with van der Waals surface area (Å²) in [6, 6.07) is -2.92. The van der Waals surface area contributed by atoms with Crippen molar-refractivity contribution in [1.29, 1.82) is 0 Å². The molecule has 4 heteroatoms. The number of nitrogens with two attached hydrogens (primary N) is 1. The molecule has 0 aromatic rings. The van der Waals surface area contributed by atoms with E-state index < -0.39 is 31.1 Å². The van der Waals surface area contributed by atoms with E-state index in [1.165, 1.54) is 0 Å². The van der Waals surface area contributed by atoms with E-state index in [0.717, 1.165) is 0 Å². The summed E-state index contributed by atoms with van der Waals surface area (Å²) >= 11 is 0. The Bertz CT molecular complexity index is 382. The third kappa shape index (κ3) is 1.57. The van der Waals surface area contributed by atoms with E-state index in [0.29, 0.717) is 11.3 Å². The Morgan fingerprint density at radius 3 is 3.25 bits per heavy atom. The first kappa shape index (κ1) is 3.77. The van der Waals surface area contributed by atoms with Crippen LogP contribution in [0.1, 0.15) is 34.3 Å². The van der Waals surface area contributed by atoms with Crippen LogP contribution < -0.4 is 5.73 Å². The lowest BCUT2D eigenvalue weighted by Crippen LogP contribution is -2.44. The number of carbonyl (C=O) groups excluding carboxylic acids is 2. The molecule has 1 atom stereocenters. The van der Waals surface area contributed by atoms with Crippen LogP contribution in [0.3, 0.4) is 0 Å². The first-order valence-electron chi connectivity index (χ1n) is 6.56. The molecule has 1 fully saturated rings. The van der Waals surface area contributed by atoms with Gasteiger partial charge in [-0.3, -0.25) is 9.59 Å². The van der Waals surface area contributed by atoms with Crippen LogP contribution in [0.4, 0.5) is 0 Å². The molecule has 0 aromatic carbocycles. The second-order valence-electron chi connectivity index (χ2n) is 2.49. The topological polar surface area (TPSA) is 63.4 Å². The van der Waals surface area contributed by atoms with Gasteiger partial charge in [-0.25, -0.2) is 0 Å². The number of hydrogen-bond acceptors (Lipinski definition) is 2. The summed E-state index contributed by atoms with van der Waals surface area (Å²) in [5, 5.41) is 0. The Hall–Kier alpha value is -1.06. The lowest BCUT2D eigenvalue weighted by molar-refractivity contribution is -0.136. The zero-order valence-electron chi connectivity index (χ0n) is 12.5. The smallest absolute Gasteiger partial charge is 0.240 e. The minimum atomic E-state index is -3.24. The Labute approximate surface area is 80.1 Å². The molecule has 0 aliphatic carbocycles. The van der Waals surface area contributed by atoms with E-state index in [9.17, 15) is 9.59 Å². The molecule has 1 heterocycles. The second-order valence-corrected chi connectivity index (χ2v) is 2.49. The van der Waals surface area contributed by atoms with Gasteiger partial charge in [0.25, 0.3) is 0 Å². The molecule has 68 valence electrons. The normalized spacial score (nSPS) is 32.0. The van der Waals surface area contributed by atoms with E-state index in [1.54, 1.807) is 0 Å². The van der Waals surface area contributed by atoms with Gasteiger partial charge in [0.05, 0.1) is 1.37 Å². The van der Waals surface area contributed by atoms with Crippen LogP contribution in [0.25, 0.3) is 0 Å². The molecular weight excluding hydrogens is 156 g/mol. The Kier molecular flexibility index (Phi) is 1.12. The van der Waals surface area contributed by atoms with Crippen molar-refractivity contribution in [3.8, 4) is 0 Å². The Morgan fingerprint density at radius 1 is 2.08 bits per heavy atom. The number of rotatable bonds is 3. The minimum absolute atomic E-state index is 0.0466. The number of carbonyl (C=O) groups is 2. The third-order valence-corrected chi connectivity index (χ3v) is 1.70. The highest BCUT2D eigenvalue weighted by Gasteiger charge is 2.29. The molecule has 0 spiro atoms. The second kappa shape index (κ2) is 3.56. The van der Waals surface area contributed by atoms with Gasteiger partial charge in [-0.05, 0) is 12.8 Å². The molecule has 12 heavy (non-hydrogen) atoms. The standard InChI is InChI=1S/C8H14N2O2/c1-2-6(8(9)12)10-5-3-4-7(10)11/h6H,2-5H2,1H3,(H2,9,12)/t6-/m0/s1/i1D3,2D2,6D. The molecule has 2 amide bonds. The monoisotopic (exact) mass is 176 g/mol. The van der Waals surface area contributed by atoms with Gasteiger partial charge in [0.1, 0.15) is 6.02 Å².